The topological polar surface area (TPSA) is 182 Å². The van der Waals surface area contributed by atoms with E-state index in [2.05, 4.69) is 38.7 Å². The second kappa shape index (κ2) is 13.2. The van der Waals surface area contributed by atoms with Crippen molar-refractivity contribution in [1.82, 2.24) is 4.90 Å². The molecule has 0 amide bonds. The zero-order valence-corrected chi connectivity index (χ0v) is 31.0. The van der Waals surface area contributed by atoms with Gasteiger partial charge in [0.1, 0.15) is 42.7 Å². The van der Waals surface area contributed by atoms with Crippen molar-refractivity contribution >= 4 is 0 Å². The Morgan fingerprint density at radius 2 is 1.55 bits per heavy atom. The van der Waals surface area contributed by atoms with Crippen molar-refractivity contribution in [3.63, 3.8) is 0 Å². The third-order valence-corrected chi connectivity index (χ3v) is 16.1. The molecule has 7 N–H and O–H groups in total. The third kappa shape index (κ3) is 5.51. The van der Waals surface area contributed by atoms with Crippen molar-refractivity contribution in [3.05, 3.63) is 11.6 Å². The van der Waals surface area contributed by atoms with Crippen LogP contribution in [-0.2, 0) is 18.9 Å². The second-order valence-corrected chi connectivity index (χ2v) is 18.6. The van der Waals surface area contributed by atoms with Gasteiger partial charge < -0.3 is 54.7 Å². The fourth-order valence-electron chi connectivity index (χ4n) is 13.2. The van der Waals surface area contributed by atoms with E-state index in [-0.39, 0.29) is 22.9 Å². The molecule has 0 radical (unpaired) electrons. The predicted molar refractivity (Wildman–Crippen MR) is 184 cm³/mol. The molecular formula is C39H63NO11. The van der Waals surface area contributed by atoms with E-state index in [0.717, 1.165) is 45.1 Å². The lowest BCUT2D eigenvalue weighted by molar-refractivity contribution is -0.360. The van der Waals surface area contributed by atoms with Gasteiger partial charge in [0.25, 0.3) is 0 Å². The number of hydrogen-bond acceptors (Lipinski definition) is 12. The quantitative estimate of drug-likeness (QED) is 0.204. The molecule has 8 aliphatic rings. The van der Waals surface area contributed by atoms with Gasteiger partial charge in [-0.25, -0.2) is 0 Å². The van der Waals surface area contributed by atoms with E-state index in [0.29, 0.717) is 42.2 Å². The summed E-state index contributed by atoms with van der Waals surface area (Å²) in [6.07, 6.45) is -2.55. The maximum Gasteiger partial charge on any atom is 0.187 e. The zero-order valence-electron chi connectivity index (χ0n) is 31.0. The first kappa shape index (κ1) is 37.2. The van der Waals surface area contributed by atoms with Crippen molar-refractivity contribution in [2.75, 3.05) is 13.2 Å². The Labute approximate surface area is 302 Å². The van der Waals surface area contributed by atoms with Crippen molar-refractivity contribution in [3.8, 4) is 0 Å². The standard InChI is InChI=1S/C39H63NO11/c1-18-6-9-25-19(2)28-26(40(25)16-18)15-39(47)24-8-7-21-14-22(10-12-37(21,4)23(24)11-13-38(28,39)5)49-36-33(46)31(44)34(27(17-41)50-36)51-35-32(45)30(43)29(42)20(3)48-35/h7,18-20,22-36,41-47H,6,8-17H2,1-5H3. The first-order chi connectivity index (χ1) is 24.1. The molecule has 8 rings (SSSR count). The monoisotopic (exact) mass is 721 g/mol. The van der Waals surface area contributed by atoms with E-state index in [1.54, 1.807) is 0 Å². The average Bonchev–Trinajstić information content (AvgIpc) is 3.52. The summed E-state index contributed by atoms with van der Waals surface area (Å²) < 4.78 is 23.6. The number of allylic oxidation sites excluding steroid dienone is 1. The van der Waals surface area contributed by atoms with Crippen molar-refractivity contribution in [2.45, 2.75) is 178 Å². The number of rotatable bonds is 5. The van der Waals surface area contributed by atoms with Gasteiger partial charge >= 0.3 is 0 Å². The fraction of sp³-hybridized carbons (Fsp3) is 0.949. The summed E-state index contributed by atoms with van der Waals surface area (Å²) in [5.74, 6) is 2.47. The Kier molecular flexibility index (Phi) is 9.62. The highest BCUT2D eigenvalue weighted by Gasteiger charge is 2.72. The summed E-state index contributed by atoms with van der Waals surface area (Å²) >= 11 is 0. The van der Waals surface area contributed by atoms with Gasteiger partial charge in [0.2, 0.25) is 0 Å². The molecule has 21 atom stereocenters. The van der Waals surface area contributed by atoms with Crippen LogP contribution in [0.3, 0.4) is 0 Å². The molecule has 4 heterocycles. The maximum absolute atomic E-state index is 13.0. The van der Waals surface area contributed by atoms with Crippen molar-refractivity contribution in [2.24, 2.45) is 40.4 Å². The molecule has 0 aromatic rings. The van der Waals surface area contributed by atoms with E-state index >= 15 is 0 Å². The van der Waals surface area contributed by atoms with Gasteiger partial charge in [-0.15, -0.1) is 0 Å². The average molecular weight is 722 g/mol. The summed E-state index contributed by atoms with van der Waals surface area (Å²) in [5, 5.41) is 76.1. The van der Waals surface area contributed by atoms with Crippen LogP contribution in [0.15, 0.2) is 11.6 Å². The first-order valence-corrected chi connectivity index (χ1v) is 19.9. The van der Waals surface area contributed by atoms with Gasteiger partial charge in [0, 0.05) is 24.0 Å². The number of aliphatic hydroxyl groups is 7. The Morgan fingerprint density at radius 3 is 2.29 bits per heavy atom. The van der Waals surface area contributed by atoms with E-state index in [1.165, 1.54) is 25.3 Å². The molecule has 4 saturated heterocycles. The Morgan fingerprint density at radius 1 is 0.824 bits per heavy atom. The molecule has 0 spiro atoms. The van der Waals surface area contributed by atoms with Crippen LogP contribution in [0.1, 0.15) is 92.4 Å². The number of hydrogen-bond donors (Lipinski definition) is 7. The lowest BCUT2D eigenvalue weighted by Crippen LogP contribution is -2.64. The molecule has 21 unspecified atom stereocenters. The van der Waals surface area contributed by atoms with E-state index < -0.39 is 73.6 Å². The molecule has 3 saturated carbocycles. The maximum atomic E-state index is 13.0. The van der Waals surface area contributed by atoms with E-state index in [1.807, 2.05) is 0 Å². The molecule has 4 aliphatic carbocycles. The molecule has 0 aromatic carbocycles. The second-order valence-electron chi connectivity index (χ2n) is 18.6. The molecule has 12 heteroatoms. The smallest absolute Gasteiger partial charge is 0.187 e. The summed E-state index contributed by atoms with van der Waals surface area (Å²) in [4.78, 5) is 2.81. The van der Waals surface area contributed by atoms with E-state index in [4.69, 9.17) is 18.9 Å². The third-order valence-electron chi connectivity index (χ3n) is 16.1. The molecule has 290 valence electrons. The van der Waals surface area contributed by atoms with Crippen LogP contribution < -0.4 is 0 Å². The lowest BCUT2D eigenvalue weighted by Gasteiger charge is -2.61. The Balaban J connectivity index is 0.943. The van der Waals surface area contributed by atoms with Crippen LogP contribution in [0, 0.1) is 40.4 Å². The number of piperidine rings is 1. The highest BCUT2D eigenvalue weighted by molar-refractivity contribution is 5.30. The lowest BCUT2D eigenvalue weighted by atomic mass is 9.45. The molecule has 0 bridgehead atoms. The molecule has 12 nitrogen and oxygen atoms in total. The predicted octanol–water partition coefficient (Wildman–Crippen LogP) is 1.45. The van der Waals surface area contributed by atoms with Gasteiger partial charge in [-0.3, -0.25) is 4.90 Å². The fourth-order valence-corrected chi connectivity index (χ4v) is 13.2. The Hall–Kier alpha value is -0.740. The van der Waals surface area contributed by atoms with Crippen LogP contribution in [0.4, 0.5) is 0 Å². The van der Waals surface area contributed by atoms with Crippen LogP contribution in [0.2, 0.25) is 0 Å². The SMILES string of the molecule is CC1CCC2C(C)C3C(CC4(O)C5CC=C6CC(OC7OC(CO)C(OC8OC(C)C(O)C(O)C8O)C(O)C7O)CCC6(C)C5CCC34C)N2C1. The highest BCUT2D eigenvalue weighted by atomic mass is 16.7. The molecular weight excluding hydrogens is 658 g/mol. The normalized spacial score (nSPS) is 58.5. The first-order valence-electron chi connectivity index (χ1n) is 19.9. The zero-order chi connectivity index (χ0) is 36.4. The Bertz CT molecular complexity index is 1330. The molecule has 0 aromatic heterocycles. The number of fused-ring (bicyclic) bond motifs is 9. The summed E-state index contributed by atoms with van der Waals surface area (Å²) in [6.45, 7) is 11.8. The van der Waals surface area contributed by atoms with Gasteiger partial charge in [-0.05, 0) is 99.7 Å². The van der Waals surface area contributed by atoms with Crippen LogP contribution in [0.5, 0.6) is 0 Å². The number of aliphatic hydroxyl groups excluding tert-OH is 6. The van der Waals surface area contributed by atoms with Crippen LogP contribution in [-0.4, -0.2) is 139 Å². The molecule has 7 fully saturated rings. The van der Waals surface area contributed by atoms with Gasteiger partial charge in [0.05, 0.1) is 24.4 Å². The molecule has 51 heavy (non-hydrogen) atoms. The summed E-state index contributed by atoms with van der Waals surface area (Å²) in [7, 11) is 0. The van der Waals surface area contributed by atoms with E-state index in [9.17, 15) is 35.7 Å². The van der Waals surface area contributed by atoms with Gasteiger partial charge in [-0.2, -0.15) is 0 Å². The summed E-state index contributed by atoms with van der Waals surface area (Å²) in [6, 6.07) is 1.13. The van der Waals surface area contributed by atoms with Crippen molar-refractivity contribution in [1.29, 1.82) is 0 Å². The van der Waals surface area contributed by atoms with Crippen molar-refractivity contribution < 1.29 is 54.7 Å². The van der Waals surface area contributed by atoms with Crippen LogP contribution >= 0.6 is 0 Å². The largest absolute Gasteiger partial charge is 0.394 e. The van der Waals surface area contributed by atoms with Gasteiger partial charge in [0.15, 0.2) is 12.6 Å². The molecule has 4 aliphatic heterocycles. The highest BCUT2D eigenvalue weighted by Crippen LogP contribution is 2.71. The van der Waals surface area contributed by atoms with Gasteiger partial charge in [-0.1, -0.05) is 39.3 Å². The minimum Gasteiger partial charge on any atom is -0.394 e. The number of nitrogens with zero attached hydrogens (tertiary/aromatic N) is 1. The van der Waals surface area contributed by atoms with Crippen LogP contribution in [0.25, 0.3) is 0 Å². The minimum atomic E-state index is -1.62. The summed E-state index contributed by atoms with van der Waals surface area (Å²) in [5.41, 5.74) is 0.514. The number of ether oxygens (including phenoxy) is 4. The minimum absolute atomic E-state index is 0.0560.